The number of nitrogens with one attached hydrogen (secondary N) is 1. The smallest absolute Gasteiger partial charge is 0.251 e. The Labute approximate surface area is 118 Å². The second-order valence-electron chi connectivity index (χ2n) is 5.02. The maximum Gasteiger partial charge on any atom is 0.251 e. The van der Waals surface area contributed by atoms with E-state index >= 15 is 0 Å². The van der Waals surface area contributed by atoms with Gasteiger partial charge < -0.3 is 5.32 Å². The van der Waals surface area contributed by atoms with Gasteiger partial charge in [-0.05, 0) is 43.9 Å². The zero-order chi connectivity index (χ0) is 14.2. The van der Waals surface area contributed by atoms with Gasteiger partial charge in [-0.2, -0.15) is 0 Å². The summed E-state index contributed by atoms with van der Waals surface area (Å²) in [6, 6.07) is 4.41. The molecule has 0 aliphatic heterocycles. The lowest BCUT2D eigenvalue weighted by Crippen LogP contribution is -2.34. The quantitative estimate of drug-likeness (QED) is 0.928. The van der Waals surface area contributed by atoms with Crippen LogP contribution in [0.3, 0.4) is 0 Å². The van der Waals surface area contributed by atoms with Crippen molar-refractivity contribution in [3.8, 4) is 0 Å². The average molecular weight is 302 g/mol. The van der Waals surface area contributed by atoms with Crippen LogP contribution >= 0.6 is 11.6 Å². The van der Waals surface area contributed by atoms with Crippen LogP contribution in [0.25, 0.3) is 0 Å². The van der Waals surface area contributed by atoms with Crippen molar-refractivity contribution in [3.05, 3.63) is 28.8 Å². The molecule has 4 nitrogen and oxygen atoms in total. The van der Waals surface area contributed by atoms with E-state index in [4.69, 9.17) is 11.6 Å². The van der Waals surface area contributed by atoms with Crippen LogP contribution in [-0.4, -0.2) is 26.6 Å². The van der Waals surface area contributed by atoms with Crippen LogP contribution in [0.2, 0.25) is 5.02 Å². The number of carbonyl (C=O) groups excluding carboxylic acids is 1. The normalized spacial score (nSPS) is 17.0. The molecule has 0 bridgehead atoms. The van der Waals surface area contributed by atoms with Crippen molar-refractivity contribution in [2.24, 2.45) is 5.92 Å². The summed E-state index contributed by atoms with van der Waals surface area (Å²) in [5.74, 6) is 0.284. The molecule has 19 heavy (non-hydrogen) atoms. The summed E-state index contributed by atoms with van der Waals surface area (Å²) in [6.45, 7) is 1.96. The molecule has 1 amide bonds. The minimum Gasteiger partial charge on any atom is -0.349 e. The topological polar surface area (TPSA) is 63.2 Å². The Hall–Kier alpha value is -1.07. The van der Waals surface area contributed by atoms with Crippen molar-refractivity contribution >= 4 is 27.3 Å². The molecule has 0 aromatic heterocycles. The summed E-state index contributed by atoms with van der Waals surface area (Å²) >= 11 is 5.84. The lowest BCUT2D eigenvalue weighted by Gasteiger charge is -2.13. The molecule has 2 rings (SSSR count). The van der Waals surface area contributed by atoms with E-state index in [0.717, 1.165) is 19.1 Å². The van der Waals surface area contributed by atoms with Gasteiger partial charge in [-0.3, -0.25) is 4.79 Å². The molecule has 0 heterocycles. The summed E-state index contributed by atoms with van der Waals surface area (Å²) in [7, 11) is -3.43. The van der Waals surface area contributed by atoms with E-state index in [1.54, 1.807) is 0 Å². The number of carbonyl (C=O) groups is 1. The standard InChI is InChI=1S/C13H16ClNO3S/c1-8(9-3-4-9)15-13(16)10-5-6-11(14)12(7-10)19(2,17)18/h5-9H,3-4H2,1-2H3,(H,15,16)/t8-/m1/s1. The molecular weight excluding hydrogens is 286 g/mol. The van der Waals surface area contributed by atoms with E-state index in [1.165, 1.54) is 18.2 Å². The predicted octanol–water partition coefficient (Wildman–Crippen LogP) is 2.27. The molecule has 0 radical (unpaired) electrons. The van der Waals surface area contributed by atoms with Gasteiger partial charge in [-0.15, -0.1) is 0 Å². The van der Waals surface area contributed by atoms with Gasteiger partial charge in [0.15, 0.2) is 9.84 Å². The van der Waals surface area contributed by atoms with Gasteiger partial charge in [0.05, 0.1) is 9.92 Å². The van der Waals surface area contributed by atoms with Crippen LogP contribution in [0.5, 0.6) is 0 Å². The van der Waals surface area contributed by atoms with Crippen molar-refractivity contribution < 1.29 is 13.2 Å². The van der Waals surface area contributed by atoms with Crippen molar-refractivity contribution in [3.63, 3.8) is 0 Å². The zero-order valence-corrected chi connectivity index (χ0v) is 12.4. The van der Waals surface area contributed by atoms with Crippen LogP contribution in [-0.2, 0) is 9.84 Å². The molecule has 1 atom stereocenters. The van der Waals surface area contributed by atoms with E-state index in [9.17, 15) is 13.2 Å². The molecule has 0 saturated heterocycles. The third-order valence-electron chi connectivity index (χ3n) is 3.28. The zero-order valence-electron chi connectivity index (χ0n) is 10.8. The first-order valence-corrected chi connectivity index (χ1v) is 8.36. The van der Waals surface area contributed by atoms with Crippen LogP contribution in [0.4, 0.5) is 0 Å². The van der Waals surface area contributed by atoms with Gasteiger partial charge in [-0.1, -0.05) is 11.6 Å². The molecule has 0 unspecified atom stereocenters. The maximum absolute atomic E-state index is 12.0. The molecule has 1 aliphatic carbocycles. The number of halogens is 1. The average Bonchev–Trinajstić information content (AvgIpc) is 3.11. The minimum atomic E-state index is -3.43. The highest BCUT2D eigenvalue weighted by atomic mass is 35.5. The third-order valence-corrected chi connectivity index (χ3v) is 4.86. The van der Waals surface area contributed by atoms with E-state index < -0.39 is 9.84 Å². The van der Waals surface area contributed by atoms with Gasteiger partial charge in [0.1, 0.15) is 0 Å². The lowest BCUT2D eigenvalue weighted by molar-refractivity contribution is 0.0935. The van der Waals surface area contributed by atoms with Crippen molar-refractivity contribution in [1.82, 2.24) is 5.32 Å². The van der Waals surface area contributed by atoms with Gasteiger partial charge in [0.2, 0.25) is 0 Å². The lowest BCUT2D eigenvalue weighted by atomic mass is 10.1. The predicted molar refractivity (Wildman–Crippen MR) is 74.2 cm³/mol. The first-order chi connectivity index (χ1) is 8.79. The second kappa shape index (κ2) is 5.13. The highest BCUT2D eigenvalue weighted by molar-refractivity contribution is 7.90. The minimum absolute atomic E-state index is 0.0131. The third kappa shape index (κ3) is 3.48. The molecular formula is C13H16ClNO3S. The van der Waals surface area contributed by atoms with Gasteiger partial charge in [0, 0.05) is 17.9 Å². The Morgan fingerprint density at radius 2 is 2.05 bits per heavy atom. The Morgan fingerprint density at radius 3 is 2.58 bits per heavy atom. The van der Waals surface area contributed by atoms with Gasteiger partial charge in [-0.25, -0.2) is 8.42 Å². The number of hydrogen-bond donors (Lipinski definition) is 1. The van der Waals surface area contributed by atoms with Crippen molar-refractivity contribution in [2.45, 2.75) is 30.7 Å². The molecule has 1 aromatic rings. The molecule has 104 valence electrons. The summed E-state index contributed by atoms with van der Waals surface area (Å²) in [4.78, 5) is 12.0. The number of hydrogen-bond acceptors (Lipinski definition) is 3. The van der Waals surface area contributed by atoms with Crippen molar-refractivity contribution in [1.29, 1.82) is 0 Å². The number of benzene rings is 1. The Balaban J connectivity index is 2.22. The van der Waals surface area contributed by atoms with E-state index in [-0.39, 0.29) is 21.9 Å². The number of rotatable bonds is 4. The highest BCUT2D eigenvalue weighted by Gasteiger charge is 2.29. The van der Waals surface area contributed by atoms with Crippen LogP contribution in [0.1, 0.15) is 30.1 Å². The Bertz CT molecular complexity index is 608. The number of sulfone groups is 1. The van der Waals surface area contributed by atoms with Crippen LogP contribution in [0, 0.1) is 5.92 Å². The molecule has 6 heteroatoms. The Kier molecular flexibility index (Phi) is 3.87. The van der Waals surface area contributed by atoms with E-state index in [0.29, 0.717) is 11.5 Å². The first kappa shape index (κ1) is 14.3. The fourth-order valence-corrected chi connectivity index (χ4v) is 3.23. The van der Waals surface area contributed by atoms with E-state index in [2.05, 4.69) is 5.32 Å². The fraction of sp³-hybridized carbons (Fsp3) is 0.462. The summed E-state index contributed by atoms with van der Waals surface area (Å²) in [5.41, 5.74) is 0.317. The second-order valence-corrected chi connectivity index (χ2v) is 7.41. The summed E-state index contributed by atoms with van der Waals surface area (Å²) in [6.07, 6.45) is 3.34. The maximum atomic E-state index is 12.0. The SMILES string of the molecule is C[C@@H](NC(=O)c1ccc(Cl)c(S(C)(=O)=O)c1)C1CC1. The largest absolute Gasteiger partial charge is 0.349 e. The van der Waals surface area contributed by atoms with Gasteiger partial charge >= 0.3 is 0 Å². The fourth-order valence-electron chi connectivity index (χ4n) is 1.93. The van der Waals surface area contributed by atoms with Crippen LogP contribution < -0.4 is 5.32 Å². The number of amides is 1. The monoisotopic (exact) mass is 301 g/mol. The molecule has 1 fully saturated rings. The first-order valence-electron chi connectivity index (χ1n) is 6.09. The molecule has 1 aromatic carbocycles. The summed E-state index contributed by atoms with van der Waals surface area (Å²) < 4.78 is 23.1. The Morgan fingerprint density at radius 1 is 1.42 bits per heavy atom. The molecule has 1 N–H and O–H groups in total. The van der Waals surface area contributed by atoms with E-state index in [1.807, 2.05) is 6.92 Å². The molecule has 1 aliphatic rings. The summed E-state index contributed by atoms with van der Waals surface area (Å²) in [5, 5.41) is 3.01. The molecule has 0 spiro atoms. The van der Waals surface area contributed by atoms with Gasteiger partial charge in [0.25, 0.3) is 5.91 Å². The highest BCUT2D eigenvalue weighted by Crippen LogP contribution is 2.32. The van der Waals surface area contributed by atoms with Crippen molar-refractivity contribution in [2.75, 3.05) is 6.26 Å². The van der Waals surface area contributed by atoms with Crippen LogP contribution in [0.15, 0.2) is 23.1 Å². The molecule has 1 saturated carbocycles.